The van der Waals surface area contributed by atoms with Crippen LogP contribution in [0, 0.1) is 11.3 Å². The first-order chi connectivity index (χ1) is 16.8. The summed E-state index contributed by atoms with van der Waals surface area (Å²) in [5.74, 6) is 0.331. The fourth-order valence-corrected chi connectivity index (χ4v) is 3.85. The molecule has 0 aliphatic carbocycles. The Labute approximate surface area is 197 Å². The number of aryl methyl sites for hydroxylation is 1. The highest BCUT2D eigenvalue weighted by Crippen LogP contribution is 2.33. The number of nitriles is 1. The van der Waals surface area contributed by atoms with Crippen molar-refractivity contribution in [1.82, 2.24) is 19.5 Å². The van der Waals surface area contributed by atoms with E-state index in [0.29, 0.717) is 45.6 Å². The van der Waals surface area contributed by atoms with Crippen molar-refractivity contribution >= 4 is 27.6 Å². The number of benzene rings is 2. The molecule has 35 heavy (non-hydrogen) atoms. The average molecular weight is 476 g/mol. The number of nitrogens with two attached hydrogens (primary N) is 1. The van der Waals surface area contributed by atoms with Gasteiger partial charge in [0.1, 0.15) is 23.9 Å². The number of H-pyrrole nitrogens is 1. The van der Waals surface area contributed by atoms with E-state index in [9.17, 15) is 18.0 Å². The largest absolute Gasteiger partial charge is 0.417 e. The predicted molar refractivity (Wildman–Crippen MR) is 127 cm³/mol. The Kier molecular flexibility index (Phi) is 6.25. The number of hydrogen-bond acceptors (Lipinski definition) is 5. The Morgan fingerprint density at radius 1 is 1.09 bits per heavy atom. The smallest absolute Gasteiger partial charge is 0.383 e. The van der Waals surface area contributed by atoms with Crippen LogP contribution >= 0.6 is 0 Å². The Balaban J connectivity index is 0.000000201. The van der Waals surface area contributed by atoms with Crippen LogP contribution in [0.25, 0.3) is 27.5 Å². The molecule has 7 nitrogen and oxygen atoms in total. The molecule has 0 unspecified atom stereocenters. The van der Waals surface area contributed by atoms with Gasteiger partial charge in [-0.15, -0.1) is 0 Å². The molecule has 0 aliphatic heterocycles. The molecule has 176 valence electrons. The number of fused-ring (bicyclic) bond motifs is 2. The Bertz CT molecular complexity index is 1610. The third-order valence-corrected chi connectivity index (χ3v) is 5.42. The van der Waals surface area contributed by atoms with Gasteiger partial charge in [0.2, 0.25) is 0 Å². The third-order valence-electron chi connectivity index (χ3n) is 5.42. The van der Waals surface area contributed by atoms with Crippen molar-refractivity contribution in [1.29, 1.82) is 5.26 Å². The second-order valence-corrected chi connectivity index (χ2v) is 7.53. The number of hydrogen-bond donors (Lipinski definition) is 2. The summed E-state index contributed by atoms with van der Waals surface area (Å²) >= 11 is 0. The minimum Gasteiger partial charge on any atom is -0.383 e. The normalized spacial score (nSPS) is 11.2. The van der Waals surface area contributed by atoms with Crippen LogP contribution in [-0.4, -0.2) is 19.5 Å². The van der Waals surface area contributed by atoms with E-state index in [1.165, 1.54) is 17.0 Å². The first kappa shape index (κ1) is 23.5. The summed E-state index contributed by atoms with van der Waals surface area (Å²) in [6.07, 6.45) is -1.11. The molecule has 5 rings (SSSR count). The lowest BCUT2D eigenvalue weighted by Gasteiger charge is -2.16. The SMILES string of the molecule is CCc1cc2cccc(C(F)(F)F)c2c(=O)n1-c1ccccc1.N#Cc1c[nH]c2ncnc(N)c12. The maximum Gasteiger partial charge on any atom is 0.417 e. The van der Waals surface area contributed by atoms with Crippen LogP contribution in [0.2, 0.25) is 0 Å². The van der Waals surface area contributed by atoms with Crippen molar-refractivity contribution in [3.63, 3.8) is 0 Å². The van der Waals surface area contributed by atoms with Gasteiger partial charge < -0.3 is 10.7 Å². The van der Waals surface area contributed by atoms with E-state index >= 15 is 0 Å². The molecule has 0 spiro atoms. The molecule has 0 bridgehead atoms. The highest BCUT2D eigenvalue weighted by Gasteiger charge is 2.34. The molecule has 3 N–H and O–H groups in total. The van der Waals surface area contributed by atoms with Crippen LogP contribution in [0.3, 0.4) is 0 Å². The van der Waals surface area contributed by atoms with Crippen molar-refractivity contribution in [3.8, 4) is 11.8 Å². The van der Waals surface area contributed by atoms with Gasteiger partial charge in [-0.05, 0) is 36.1 Å². The summed E-state index contributed by atoms with van der Waals surface area (Å²) in [6, 6.07) is 16.2. The zero-order valence-corrected chi connectivity index (χ0v) is 18.5. The van der Waals surface area contributed by atoms with E-state index in [4.69, 9.17) is 11.0 Å². The maximum atomic E-state index is 13.3. The van der Waals surface area contributed by atoms with Crippen LogP contribution in [-0.2, 0) is 12.6 Å². The summed E-state index contributed by atoms with van der Waals surface area (Å²) < 4.78 is 41.2. The van der Waals surface area contributed by atoms with E-state index in [0.717, 1.165) is 6.07 Å². The highest BCUT2D eigenvalue weighted by atomic mass is 19.4. The molecule has 3 aromatic heterocycles. The lowest BCUT2D eigenvalue weighted by atomic mass is 10.0. The predicted octanol–water partition coefficient (Wildman–Crippen LogP) is 4.98. The molecule has 0 saturated carbocycles. The number of alkyl halides is 3. The number of aromatic nitrogens is 4. The van der Waals surface area contributed by atoms with Crippen LogP contribution < -0.4 is 11.3 Å². The molecule has 0 atom stereocenters. The number of nitrogen functional groups attached to an aromatic ring is 1. The Hall–Kier alpha value is -4.65. The molecule has 10 heteroatoms. The van der Waals surface area contributed by atoms with Gasteiger partial charge in [-0.1, -0.05) is 37.3 Å². The molecule has 0 saturated heterocycles. The topological polar surface area (TPSA) is 113 Å². The van der Waals surface area contributed by atoms with E-state index < -0.39 is 17.3 Å². The molecule has 0 fully saturated rings. The van der Waals surface area contributed by atoms with Crippen molar-refractivity contribution in [3.05, 3.63) is 94.3 Å². The number of nitrogens with one attached hydrogen (secondary N) is 1. The number of para-hydroxylation sites is 1. The van der Waals surface area contributed by atoms with Crippen LogP contribution in [0.4, 0.5) is 19.0 Å². The first-order valence-corrected chi connectivity index (χ1v) is 10.5. The fourth-order valence-electron chi connectivity index (χ4n) is 3.85. The molecule has 0 aliphatic rings. The van der Waals surface area contributed by atoms with E-state index in [-0.39, 0.29) is 5.39 Å². The Morgan fingerprint density at radius 3 is 2.49 bits per heavy atom. The van der Waals surface area contributed by atoms with Gasteiger partial charge in [0, 0.05) is 17.6 Å². The lowest BCUT2D eigenvalue weighted by molar-refractivity contribution is -0.136. The van der Waals surface area contributed by atoms with Crippen molar-refractivity contribution < 1.29 is 13.2 Å². The zero-order valence-electron chi connectivity index (χ0n) is 18.5. The number of rotatable bonds is 2. The molecular formula is C25H19F3N6O. The summed E-state index contributed by atoms with van der Waals surface area (Å²) in [6.45, 7) is 1.87. The average Bonchev–Trinajstić information content (AvgIpc) is 3.28. The summed E-state index contributed by atoms with van der Waals surface area (Å²) in [7, 11) is 0. The van der Waals surface area contributed by atoms with Crippen LogP contribution in [0.1, 0.15) is 23.7 Å². The number of aromatic amines is 1. The highest BCUT2D eigenvalue weighted by molar-refractivity contribution is 5.91. The number of pyridine rings is 1. The summed E-state index contributed by atoms with van der Waals surface area (Å²) in [4.78, 5) is 23.4. The van der Waals surface area contributed by atoms with Gasteiger partial charge in [0.05, 0.1) is 21.9 Å². The molecule has 2 aromatic carbocycles. The molecule has 0 amide bonds. The van der Waals surface area contributed by atoms with E-state index in [2.05, 4.69) is 15.0 Å². The zero-order chi connectivity index (χ0) is 25.2. The third kappa shape index (κ3) is 4.44. The minimum absolute atomic E-state index is 0.291. The maximum absolute atomic E-state index is 13.3. The first-order valence-electron chi connectivity index (χ1n) is 10.5. The molecule has 3 heterocycles. The van der Waals surface area contributed by atoms with Gasteiger partial charge in [-0.2, -0.15) is 18.4 Å². The van der Waals surface area contributed by atoms with E-state index in [1.54, 1.807) is 48.7 Å². The van der Waals surface area contributed by atoms with Crippen LogP contribution in [0.15, 0.2) is 71.9 Å². The van der Waals surface area contributed by atoms with E-state index in [1.807, 2.05) is 13.0 Å². The standard InChI is InChI=1S/C18H14F3NO.C7H5N5/c1-2-13-11-12-7-6-10-15(18(19,20)21)16(12)17(23)22(13)14-8-4-3-5-9-14;8-1-4-2-10-7-5(4)6(9)11-3-12-7/h3-11H,2H2,1H3;2-3H,(H3,9,10,11,12). The van der Waals surface area contributed by atoms with Crippen molar-refractivity contribution in [2.24, 2.45) is 0 Å². The number of anilines is 1. The van der Waals surface area contributed by atoms with Gasteiger partial charge in [-0.25, -0.2) is 9.97 Å². The molecule has 0 radical (unpaired) electrons. The number of nitrogens with zero attached hydrogens (tertiary/aromatic N) is 4. The monoisotopic (exact) mass is 476 g/mol. The summed E-state index contributed by atoms with van der Waals surface area (Å²) in [5, 5.41) is 9.29. The second kappa shape index (κ2) is 9.30. The fraction of sp³-hybridized carbons (Fsp3) is 0.120. The number of halogens is 3. The van der Waals surface area contributed by atoms with Crippen LogP contribution in [0.5, 0.6) is 0 Å². The molecule has 5 aromatic rings. The van der Waals surface area contributed by atoms with Gasteiger partial charge in [0.25, 0.3) is 5.56 Å². The van der Waals surface area contributed by atoms with Crippen molar-refractivity contribution in [2.75, 3.05) is 5.73 Å². The Morgan fingerprint density at radius 2 is 1.83 bits per heavy atom. The van der Waals surface area contributed by atoms with Crippen molar-refractivity contribution in [2.45, 2.75) is 19.5 Å². The molecular weight excluding hydrogens is 457 g/mol. The summed E-state index contributed by atoms with van der Waals surface area (Å²) in [5.41, 5.74) is 6.33. The van der Waals surface area contributed by atoms with Gasteiger partial charge >= 0.3 is 6.18 Å². The second-order valence-electron chi connectivity index (χ2n) is 7.53. The van der Waals surface area contributed by atoms with Gasteiger partial charge in [-0.3, -0.25) is 9.36 Å². The van der Waals surface area contributed by atoms with Gasteiger partial charge in [0.15, 0.2) is 0 Å². The minimum atomic E-state index is -4.57. The lowest BCUT2D eigenvalue weighted by Crippen LogP contribution is -2.24. The quantitative estimate of drug-likeness (QED) is 0.373.